The third-order valence-corrected chi connectivity index (χ3v) is 7.35. The fraction of sp³-hybridized carbons (Fsp3) is 0.714. The predicted octanol–water partition coefficient (Wildman–Crippen LogP) is 3.27. The van der Waals surface area contributed by atoms with Crippen molar-refractivity contribution in [2.45, 2.75) is 70.2 Å². The molecule has 7 nitrogen and oxygen atoms in total. The molecule has 1 saturated carbocycles. The molecule has 4 aliphatic heterocycles. The minimum absolute atomic E-state index is 0.0161. The zero-order chi connectivity index (χ0) is 19.5. The molecule has 5 aliphatic rings. The van der Waals surface area contributed by atoms with Gasteiger partial charge in [0.15, 0.2) is 11.9 Å². The number of nitrogens with zero attached hydrogens (tertiary/aromatic N) is 1. The van der Waals surface area contributed by atoms with Crippen LogP contribution in [0.2, 0.25) is 0 Å². The van der Waals surface area contributed by atoms with Gasteiger partial charge in [0.25, 0.3) is 5.91 Å². The van der Waals surface area contributed by atoms with Gasteiger partial charge in [-0.3, -0.25) is 9.78 Å². The van der Waals surface area contributed by atoms with E-state index in [9.17, 15) is 4.79 Å². The minimum atomic E-state index is -0.831. The van der Waals surface area contributed by atoms with Crippen LogP contribution in [0.3, 0.4) is 0 Å². The minimum Gasteiger partial charge on any atom is -0.336 e. The number of ether oxygens (including phenoxy) is 2. The summed E-state index contributed by atoms with van der Waals surface area (Å²) in [6.45, 7) is 6.25. The van der Waals surface area contributed by atoms with E-state index >= 15 is 0 Å². The first-order valence-corrected chi connectivity index (χ1v) is 10.3. The molecule has 28 heavy (non-hydrogen) atoms. The number of carbonyl (C=O) groups excluding carboxylic acids is 1. The van der Waals surface area contributed by atoms with E-state index in [0.717, 1.165) is 25.7 Å². The summed E-state index contributed by atoms with van der Waals surface area (Å²) in [6, 6.07) is 3.61. The number of aromatic nitrogens is 1. The highest BCUT2D eigenvalue weighted by Crippen LogP contribution is 2.60. The number of fused-ring (bicyclic) bond motifs is 2. The van der Waals surface area contributed by atoms with Gasteiger partial charge in [0.2, 0.25) is 5.79 Å². The van der Waals surface area contributed by atoms with Gasteiger partial charge in [-0.1, -0.05) is 13.8 Å². The van der Waals surface area contributed by atoms with Gasteiger partial charge in [0.05, 0.1) is 11.9 Å². The van der Waals surface area contributed by atoms with Crippen LogP contribution in [0.4, 0.5) is 5.69 Å². The highest BCUT2D eigenvalue weighted by atomic mass is 17.3. The van der Waals surface area contributed by atoms with Crippen LogP contribution in [-0.4, -0.2) is 34.7 Å². The summed E-state index contributed by atoms with van der Waals surface area (Å²) in [5.74, 6) is -0.0753. The van der Waals surface area contributed by atoms with Gasteiger partial charge in [0.1, 0.15) is 6.10 Å². The number of carbonyl (C=O) groups is 1. The van der Waals surface area contributed by atoms with Gasteiger partial charge in [-0.2, -0.15) is 0 Å². The van der Waals surface area contributed by atoms with Crippen LogP contribution < -0.4 is 5.32 Å². The summed E-state index contributed by atoms with van der Waals surface area (Å²) < 4.78 is 12.6. The molecule has 0 radical (unpaired) electrons. The Morgan fingerprint density at radius 3 is 2.86 bits per heavy atom. The third-order valence-electron chi connectivity index (χ3n) is 7.35. The summed E-state index contributed by atoms with van der Waals surface area (Å²) >= 11 is 0. The van der Waals surface area contributed by atoms with E-state index < -0.39 is 23.8 Å². The van der Waals surface area contributed by atoms with Crippen LogP contribution in [0.15, 0.2) is 24.5 Å². The van der Waals surface area contributed by atoms with Crippen LogP contribution in [0.5, 0.6) is 0 Å². The van der Waals surface area contributed by atoms with Crippen molar-refractivity contribution in [3.8, 4) is 0 Å². The summed E-state index contributed by atoms with van der Waals surface area (Å²) in [7, 11) is 0. The fourth-order valence-electron chi connectivity index (χ4n) is 5.85. The maximum Gasteiger partial charge on any atom is 0.253 e. The number of hydrogen-bond acceptors (Lipinski definition) is 6. The number of pyridine rings is 1. The molecule has 1 aliphatic carbocycles. The Morgan fingerprint density at radius 1 is 1.21 bits per heavy atom. The van der Waals surface area contributed by atoms with Crippen molar-refractivity contribution in [3.63, 3.8) is 0 Å². The van der Waals surface area contributed by atoms with Gasteiger partial charge in [-0.25, -0.2) is 9.78 Å². The van der Waals surface area contributed by atoms with Crippen molar-refractivity contribution in [1.82, 2.24) is 4.98 Å². The van der Waals surface area contributed by atoms with E-state index in [2.05, 4.69) is 24.1 Å². The molecule has 0 aromatic carbocycles. The summed E-state index contributed by atoms with van der Waals surface area (Å²) in [4.78, 5) is 29.0. The molecule has 5 fully saturated rings. The lowest BCUT2D eigenvalue weighted by Gasteiger charge is -2.60. The second-order valence-corrected chi connectivity index (χ2v) is 9.06. The monoisotopic (exact) mass is 388 g/mol. The average molecular weight is 388 g/mol. The van der Waals surface area contributed by atoms with Crippen molar-refractivity contribution in [3.05, 3.63) is 24.5 Å². The molecule has 1 N–H and O–H groups in total. The second kappa shape index (κ2) is 6.49. The van der Waals surface area contributed by atoms with Crippen LogP contribution in [0.25, 0.3) is 0 Å². The lowest BCUT2D eigenvalue weighted by molar-refractivity contribution is -0.569. The molecular weight excluding hydrogens is 360 g/mol. The van der Waals surface area contributed by atoms with E-state index in [4.69, 9.17) is 19.2 Å². The number of hydrogen-bond donors (Lipinski definition) is 1. The highest BCUT2D eigenvalue weighted by molar-refractivity contribution is 5.94. The standard InChI is InChI=1S/C21H28N2O5/c1-12-6-7-16-13(2)17(18(24)23-14-5-4-10-22-11-14)25-19-21(16)15(12)8-9-20(3,26-19)27-28-21/h4-5,10-13,15-17,19H,6-9H2,1-3H3,(H,23,24)/t12-,13-,15+,16+,17-,19-,20-,21-/m1/s1. The molecule has 1 aromatic heterocycles. The van der Waals surface area contributed by atoms with E-state index in [-0.39, 0.29) is 17.7 Å². The first-order valence-electron chi connectivity index (χ1n) is 10.3. The summed E-state index contributed by atoms with van der Waals surface area (Å²) in [5.41, 5.74) is 0.0200. The lowest BCUT2D eigenvalue weighted by Crippen LogP contribution is -2.71. The Balaban J connectivity index is 1.47. The highest BCUT2D eigenvalue weighted by Gasteiger charge is 2.69. The maximum atomic E-state index is 13.1. The van der Waals surface area contributed by atoms with E-state index in [0.29, 0.717) is 17.5 Å². The average Bonchev–Trinajstić information content (AvgIpc) is 2.91. The van der Waals surface area contributed by atoms with Crippen molar-refractivity contribution < 1.29 is 24.0 Å². The molecule has 4 saturated heterocycles. The van der Waals surface area contributed by atoms with Gasteiger partial charge in [-0.05, 0) is 56.1 Å². The molecule has 7 heteroatoms. The SMILES string of the molecule is C[C@H]1[C@H](C(=O)Nc2cccnc2)O[C@@H]2O[C@@]3(C)CC[C@H]4[C@H](C)CC[C@@H]1[C@@]24OO3. The molecule has 1 amide bonds. The first-order chi connectivity index (χ1) is 13.4. The van der Waals surface area contributed by atoms with E-state index in [1.165, 1.54) is 0 Å². The number of amides is 1. The van der Waals surface area contributed by atoms with Gasteiger partial charge in [0, 0.05) is 18.5 Å². The molecule has 2 bridgehead atoms. The normalized spacial score (nSPS) is 47.1. The predicted molar refractivity (Wildman–Crippen MR) is 99.7 cm³/mol. The maximum absolute atomic E-state index is 13.1. The van der Waals surface area contributed by atoms with Gasteiger partial charge < -0.3 is 14.8 Å². The molecule has 6 rings (SSSR count). The molecule has 1 aromatic rings. The van der Waals surface area contributed by atoms with Crippen LogP contribution in [0.1, 0.15) is 46.5 Å². The third kappa shape index (κ3) is 2.64. The summed E-state index contributed by atoms with van der Waals surface area (Å²) in [6.07, 6.45) is 5.92. The Morgan fingerprint density at radius 2 is 2.07 bits per heavy atom. The van der Waals surface area contributed by atoms with Crippen molar-refractivity contribution in [1.29, 1.82) is 0 Å². The quantitative estimate of drug-likeness (QED) is 0.784. The number of rotatable bonds is 2. The largest absolute Gasteiger partial charge is 0.336 e. The van der Waals surface area contributed by atoms with Crippen LogP contribution >= 0.6 is 0 Å². The van der Waals surface area contributed by atoms with Crippen molar-refractivity contribution in [2.75, 3.05) is 5.32 Å². The molecule has 0 unspecified atom stereocenters. The zero-order valence-electron chi connectivity index (χ0n) is 16.6. The molecule has 152 valence electrons. The Hall–Kier alpha value is -1.54. The summed E-state index contributed by atoms with van der Waals surface area (Å²) in [5, 5.41) is 2.93. The number of anilines is 1. The van der Waals surface area contributed by atoms with Gasteiger partial charge >= 0.3 is 0 Å². The smallest absolute Gasteiger partial charge is 0.253 e. The Bertz CT molecular complexity index is 760. The van der Waals surface area contributed by atoms with Gasteiger partial charge in [-0.15, -0.1) is 0 Å². The van der Waals surface area contributed by atoms with E-state index in [1.807, 2.05) is 13.0 Å². The van der Waals surface area contributed by atoms with Crippen LogP contribution in [-0.2, 0) is 24.0 Å². The molecule has 1 spiro atoms. The first kappa shape index (κ1) is 18.5. The molecule has 8 atom stereocenters. The van der Waals surface area contributed by atoms with Crippen molar-refractivity contribution in [2.24, 2.45) is 23.7 Å². The van der Waals surface area contributed by atoms with Crippen LogP contribution in [0, 0.1) is 23.7 Å². The van der Waals surface area contributed by atoms with Crippen molar-refractivity contribution >= 4 is 11.6 Å². The second-order valence-electron chi connectivity index (χ2n) is 9.06. The topological polar surface area (TPSA) is 78.9 Å². The fourth-order valence-corrected chi connectivity index (χ4v) is 5.85. The Kier molecular flexibility index (Phi) is 4.28. The number of nitrogens with one attached hydrogen (secondary N) is 1. The lowest BCUT2D eigenvalue weighted by atomic mass is 9.57. The van der Waals surface area contributed by atoms with E-state index in [1.54, 1.807) is 18.5 Å². The zero-order valence-corrected chi connectivity index (χ0v) is 16.6. The molecule has 5 heterocycles. The Labute approximate surface area is 165 Å². The molecular formula is C21H28N2O5.